The number of rotatable bonds is 7. The van der Waals surface area contributed by atoms with E-state index in [-0.39, 0.29) is 0 Å². The molecular weight excluding hydrogens is 769 g/mol. The molecular formula is C57H38N4Si. The molecule has 62 heavy (non-hydrogen) atoms. The second-order valence-corrected chi connectivity index (χ2v) is 19.7. The Labute approximate surface area is 361 Å². The Kier molecular flexibility index (Phi) is 8.47. The topological polar surface area (TPSA) is 43.6 Å². The van der Waals surface area contributed by atoms with Gasteiger partial charge in [-0.1, -0.05) is 212 Å². The summed E-state index contributed by atoms with van der Waals surface area (Å²) in [5.74, 6) is 1.96. The van der Waals surface area contributed by atoms with Gasteiger partial charge >= 0.3 is 0 Å². The highest BCUT2D eigenvalue weighted by Gasteiger charge is 2.48. The second-order valence-electron chi connectivity index (χ2n) is 15.9. The summed E-state index contributed by atoms with van der Waals surface area (Å²) in [5.41, 5.74) is 11.4. The van der Waals surface area contributed by atoms with Crippen LogP contribution < -0.4 is 20.7 Å². The molecule has 0 amide bonds. The minimum Gasteiger partial charge on any atom is -0.309 e. The first-order valence-electron chi connectivity index (χ1n) is 21.1. The lowest BCUT2D eigenvalue weighted by atomic mass is 10.0. The molecule has 290 valence electrons. The van der Waals surface area contributed by atoms with Crippen molar-refractivity contribution in [2.75, 3.05) is 0 Å². The smallest absolute Gasteiger partial charge is 0.180 e. The lowest BCUT2D eigenvalue weighted by molar-refractivity contribution is 1.07. The Balaban J connectivity index is 1.07. The highest BCUT2D eigenvalue weighted by atomic mass is 28.3. The van der Waals surface area contributed by atoms with Crippen molar-refractivity contribution in [3.63, 3.8) is 0 Å². The molecule has 3 heterocycles. The van der Waals surface area contributed by atoms with Crippen molar-refractivity contribution in [2.24, 2.45) is 0 Å². The van der Waals surface area contributed by atoms with Gasteiger partial charge in [-0.05, 0) is 55.6 Å². The van der Waals surface area contributed by atoms with Crippen molar-refractivity contribution in [1.82, 2.24) is 19.5 Å². The summed E-state index contributed by atoms with van der Waals surface area (Å²) in [6, 6.07) is 83.3. The van der Waals surface area contributed by atoms with Crippen LogP contribution in [0.3, 0.4) is 0 Å². The maximum absolute atomic E-state index is 5.08. The average molecular weight is 807 g/mol. The van der Waals surface area contributed by atoms with Crippen LogP contribution in [0.1, 0.15) is 0 Å². The molecule has 0 N–H and O–H groups in total. The van der Waals surface area contributed by atoms with Gasteiger partial charge in [0.1, 0.15) is 0 Å². The van der Waals surface area contributed by atoms with Gasteiger partial charge in [0.05, 0.1) is 16.7 Å². The third-order valence-corrected chi connectivity index (χ3v) is 17.4. The first kappa shape index (κ1) is 35.9. The predicted octanol–water partition coefficient (Wildman–Crippen LogP) is 11.0. The molecule has 5 heteroatoms. The third kappa shape index (κ3) is 5.63. The molecule has 11 aromatic rings. The van der Waals surface area contributed by atoms with Crippen molar-refractivity contribution in [2.45, 2.75) is 0 Å². The van der Waals surface area contributed by atoms with Gasteiger partial charge in [0.25, 0.3) is 0 Å². The van der Waals surface area contributed by atoms with Crippen LogP contribution in [0.5, 0.6) is 0 Å². The fourth-order valence-electron chi connectivity index (χ4n) is 9.83. The van der Waals surface area contributed by atoms with E-state index in [1.54, 1.807) is 0 Å². The quantitative estimate of drug-likeness (QED) is 0.151. The second kappa shape index (κ2) is 14.6. The maximum Gasteiger partial charge on any atom is 0.180 e. The van der Waals surface area contributed by atoms with Gasteiger partial charge in [-0.2, -0.15) is 0 Å². The van der Waals surface area contributed by atoms with E-state index in [4.69, 9.17) is 15.0 Å². The van der Waals surface area contributed by atoms with Crippen LogP contribution in [-0.2, 0) is 0 Å². The van der Waals surface area contributed by atoms with Gasteiger partial charge in [0, 0.05) is 33.0 Å². The molecule has 12 rings (SSSR count). The van der Waals surface area contributed by atoms with Crippen LogP contribution in [0.2, 0.25) is 0 Å². The molecule has 0 saturated heterocycles. The molecule has 0 saturated carbocycles. The van der Waals surface area contributed by atoms with Gasteiger partial charge < -0.3 is 4.57 Å². The van der Waals surface area contributed by atoms with Crippen LogP contribution in [0.4, 0.5) is 0 Å². The van der Waals surface area contributed by atoms with Crippen molar-refractivity contribution >= 4 is 50.6 Å². The lowest BCUT2D eigenvalue weighted by Crippen LogP contribution is -2.72. The van der Waals surface area contributed by atoms with E-state index in [2.05, 4.69) is 199 Å². The first-order chi connectivity index (χ1) is 30.8. The third-order valence-electron chi connectivity index (χ3n) is 12.6. The number of hydrogen-bond donors (Lipinski definition) is 0. The Bertz CT molecular complexity index is 3350. The van der Waals surface area contributed by atoms with Crippen LogP contribution in [0.25, 0.3) is 83.9 Å². The summed E-state index contributed by atoms with van der Waals surface area (Å²) in [6.45, 7) is 0. The van der Waals surface area contributed by atoms with Gasteiger partial charge in [0.15, 0.2) is 25.5 Å². The van der Waals surface area contributed by atoms with Crippen molar-refractivity contribution in [3.05, 3.63) is 231 Å². The van der Waals surface area contributed by atoms with E-state index in [0.29, 0.717) is 17.5 Å². The van der Waals surface area contributed by atoms with E-state index in [0.717, 1.165) is 16.7 Å². The molecule has 4 nitrogen and oxygen atoms in total. The number of fused-ring (bicyclic) bond motifs is 6. The highest BCUT2D eigenvalue weighted by Crippen LogP contribution is 2.37. The maximum atomic E-state index is 5.08. The van der Waals surface area contributed by atoms with Crippen LogP contribution in [0.15, 0.2) is 231 Å². The van der Waals surface area contributed by atoms with E-state index < -0.39 is 8.07 Å². The predicted molar refractivity (Wildman–Crippen MR) is 259 cm³/mol. The van der Waals surface area contributed by atoms with Gasteiger partial charge in [-0.25, -0.2) is 15.0 Å². The molecule has 9 aromatic carbocycles. The Morgan fingerprint density at radius 1 is 0.306 bits per heavy atom. The molecule has 1 aliphatic rings. The Hall–Kier alpha value is -7.99. The highest BCUT2D eigenvalue weighted by molar-refractivity contribution is 7.22. The summed E-state index contributed by atoms with van der Waals surface area (Å²) in [7, 11) is -2.88. The molecule has 2 aromatic heterocycles. The van der Waals surface area contributed by atoms with Crippen molar-refractivity contribution in [1.29, 1.82) is 0 Å². The van der Waals surface area contributed by atoms with E-state index in [1.165, 1.54) is 70.5 Å². The summed E-state index contributed by atoms with van der Waals surface area (Å²) < 4.78 is 2.46. The van der Waals surface area contributed by atoms with E-state index >= 15 is 0 Å². The molecule has 0 radical (unpaired) electrons. The summed E-state index contributed by atoms with van der Waals surface area (Å²) in [5, 5.41) is 7.97. The first-order valence-corrected chi connectivity index (χ1v) is 23.1. The van der Waals surface area contributed by atoms with Crippen molar-refractivity contribution in [3.8, 4) is 62.1 Å². The Morgan fingerprint density at radius 2 is 0.742 bits per heavy atom. The van der Waals surface area contributed by atoms with Crippen LogP contribution in [-0.4, -0.2) is 27.6 Å². The molecule has 0 fully saturated rings. The monoisotopic (exact) mass is 806 g/mol. The number of aromatic nitrogens is 4. The summed E-state index contributed by atoms with van der Waals surface area (Å²) >= 11 is 0. The standard InChI is InChI=1S/C57H38N4Si/c1-4-18-39(19-5-1)45-24-10-14-28-50(45)61-51-29-15-11-25-46(51)49-38-44(36-37-52(49)61)62(53-30-16-12-26-47(53)48-27-13-17-31-54(48)62)43-34-32-42(33-35-43)57-59-55(40-20-6-2-7-21-40)58-56(60-57)41-22-8-3-9-23-41/h1-38H. The van der Waals surface area contributed by atoms with Gasteiger partial charge in [0.2, 0.25) is 0 Å². The molecule has 0 unspecified atom stereocenters. The Morgan fingerprint density at radius 3 is 1.34 bits per heavy atom. The number of benzene rings is 9. The number of nitrogens with zero attached hydrogens (tertiary/aromatic N) is 4. The molecule has 0 atom stereocenters. The zero-order valence-electron chi connectivity index (χ0n) is 33.7. The normalized spacial score (nSPS) is 12.6. The molecule has 0 aliphatic carbocycles. The van der Waals surface area contributed by atoms with Gasteiger partial charge in [-0.3, -0.25) is 0 Å². The zero-order chi connectivity index (χ0) is 41.0. The summed E-state index contributed by atoms with van der Waals surface area (Å²) in [4.78, 5) is 15.1. The molecule has 0 bridgehead atoms. The van der Waals surface area contributed by atoms with E-state index in [1.807, 2.05) is 36.4 Å². The van der Waals surface area contributed by atoms with Crippen molar-refractivity contribution < 1.29 is 0 Å². The zero-order valence-corrected chi connectivity index (χ0v) is 34.7. The molecule has 0 spiro atoms. The number of hydrogen-bond acceptors (Lipinski definition) is 3. The van der Waals surface area contributed by atoms with Gasteiger partial charge in [-0.15, -0.1) is 0 Å². The summed E-state index contributed by atoms with van der Waals surface area (Å²) in [6.07, 6.45) is 0. The van der Waals surface area contributed by atoms with Crippen LogP contribution >= 0.6 is 0 Å². The van der Waals surface area contributed by atoms with E-state index in [9.17, 15) is 0 Å². The molecule has 1 aliphatic heterocycles. The minimum atomic E-state index is -2.88. The van der Waals surface area contributed by atoms with Crippen LogP contribution in [0, 0.1) is 0 Å². The SMILES string of the molecule is c1ccc(-c2nc(-c3ccccc3)nc(-c3ccc([Si]4(c5ccc6c(c5)c5ccccc5n6-c5ccccc5-c5ccccc5)c5ccccc5-c5ccccc54)cc3)n2)cc1. The fraction of sp³-hybridized carbons (Fsp3) is 0. The lowest BCUT2D eigenvalue weighted by Gasteiger charge is -2.31. The minimum absolute atomic E-state index is 0.650. The largest absolute Gasteiger partial charge is 0.309 e. The average Bonchev–Trinajstić information content (AvgIpc) is 3.85. The fourth-order valence-corrected chi connectivity index (χ4v) is 15.0. The number of para-hydroxylation sites is 2.